The second-order valence-corrected chi connectivity index (χ2v) is 7.89. The normalized spacial score (nSPS) is 11.4. The van der Waals surface area contributed by atoms with Crippen molar-refractivity contribution in [2.24, 2.45) is 0 Å². The summed E-state index contributed by atoms with van der Waals surface area (Å²) in [5.74, 6) is -0.180. The summed E-state index contributed by atoms with van der Waals surface area (Å²) in [6.45, 7) is 1.38. The van der Waals surface area contributed by atoms with Crippen LogP contribution in [0.5, 0.6) is 0 Å². The Labute approximate surface area is 142 Å². The van der Waals surface area contributed by atoms with Crippen LogP contribution in [0.4, 0.5) is 5.69 Å². The van der Waals surface area contributed by atoms with Gasteiger partial charge in [-0.05, 0) is 35.7 Å². The Morgan fingerprint density at radius 1 is 1.25 bits per heavy atom. The van der Waals surface area contributed by atoms with Crippen LogP contribution in [0.2, 0.25) is 0 Å². The molecule has 0 atom stereocenters. The Hall–Kier alpha value is -2.52. The van der Waals surface area contributed by atoms with Crippen LogP contribution in [0.1, 0.15) is 12.7 Å². The topological polar surface area (TPSA) is 102 Å². The van der Waals surface area contributed by atoms with Crippen molar-refractivity contribution in [2.75, 3.05) is 5.32 Å². The van der Waals surface area contributed by atoms with E-state index in [1.54, 1.807) is 0 Å². The number of rotatable bonds is 5. The highest BCUT2D eigenvalue weighted by Crippen LogP contribution is 2.24. The smallest absolute Gasteiger partial charge is 0.268 e. The number of sulfone groups is 1. The van der Waals surface area contributed by atoms with Gasteiger partial charge < -0.3 is 9.84 Å². The molecule has 0 radical (unpaired) electrons. The second-order valence-electron chi connectivity index (χ2n) is 4.96. The van der Waals surface area contributed by atoms with Gasteiger partial charge in [0.25, 0.3) is 5.89 Å². The maximum Gasteiger partial charge on any atom is 0.268 e. The van der Waals surface area contributed by atoms with E-state index in [0.717, 1.165) is 4.88 Å². The summed E-state index contributed by atoms with van der Waals surface area (Å²) < 4.78 is 29.9. The van der Waals surface area contributed by atoms with E-state index in [9.17, 15) is 13.2 Å². The van der Waals surface area contributed by atoms with Gasteiger partial charge in [-0.3, -0.25) is 4.79 Å². The van der Waals surface area contributed by atoms with Gasteiger partial charge in [0.2, 0.25) is 5.91 Å². The van der Waals surface area contributed by atoms with Crippen molar-refractivity contribution in [2.45, 2.75) is 17.6 Å². The van der Waals surface area contributed by atoms with Gasteiger partial charge in [-0.1, -0.05) is 11.2 Å². The minimum Gasteiger partial charge on any atom is -0.333 e. The summed E-state index contributed by atoms with van der Waals surface area (Å²) in [6, 6.07) is 9.58. The predicted molar refractivity (Wildman–Crippen MR) is 89.2 cm³/mol. The van der Waals surface area contributed by atoms with Gasteiger partial charge in [-0.25, -0.2) is 8.42 Å². The summed E-state index contributed by atoms with van der Waals surface area (Å²) in [6.07, 6.45) is 0. The molecule has 0 aliphatic rings. The van der Waals surface area contributed by atoms with Gasteiger partial charge in [-0.2, -0.15) is 4.98 Å². The number of anilines is 1. The van der Waals surface area contributed by atoms with Gasteiger partial charge >= 0.3 is 0 Å². The maximum atomic E-state index is 12.4. The SMILES string of the molecule is CC(=O)Nc1ccc(S(=O)(=O)Cc2noc(-c3cccs3)n2)cc1. The van der Waals surface area contributed by atoms with Crippen LogP contribution in [0, 0.1) is 0 Å². The predicted octanol–water partition coefficient (Wildman–Crippen LogP) is 2.73. The Kier molecular flexibility index (Phi) is 4.45. The highest BCUT2D eigenvalue weighted by atomic mass is 32.2. The number of aromatic nitrogens is 2. The van der Waals surface area contributed by atoms with E-state index in [0.29, 0.717) is 11.6 Å². The molecule has 1 N–H and O–H groups in total. The fourth-order valence-electron chi connectivity index (χ4n) is 2.02. The lowest BCUT2D eigenvalue weighted by Gasteiger charge is -2.04. The molecule has 2 aromatic heterocycles. The van der Waals surface area contributed by atoms with E-state index in [1.165, 1.54) is 42.5 Å². The molecule has 2 heterocycles. The van der Waals surface area contributed by atoms with Crippen molar-refractivity contribution in [3.8, 4) is 10.8 Å². The molecule has 1 aromatic carbocycles. The van der Waals surface area contributed by atoms with Crippen LogP contribution >= 0.6 is 11.3 Å². The zero-order valence-corrected chi connectivity index (χ0v) is 14.2. The first-order valence-corrected chi connectivity index (χ1v) is 9.44. The van der Waals surface area contributed by atoms with Gasteiger partial charge in [-0.15, -0.1) is 11.3 Å². The van der Waals surface area contributed by atoms with E-state index in [1.807, 2.05) is 17.5 Å². The molecule has 24 heavy (non-hydrogen) atoms. The highest BCUT2D eigenvalue weighted by Gasteiger charge is 2.20. The average Bonchev–Trinajstić information content (AvgIpc) is 3.17. The first-order valence-electron chi connectivity index (χ1n) is 6.91. The van der Waals surface area contributed by atoms with Crippen LogP contribution in [0.3, 0.4) is 0 Å². The van der Waals surface area contributed by atoms with Crippen LogP contribution in [-0.2, 0) is 20.4 Å². The lowest BCUT2D eigenvalue weighted by atomic mass is 10.3. The summed E-state index contributed by atoms with van der Waals surface area (Å²) >= 11 is 1.43. The lowest BCUT2D eigenvalue weighted by molar-refractivity contribution is -0.114. The van der Waals surface area contributed by atoms with Crippen molar-refractivity contribution >= 4 is 32.8 Å². The molecule has 1 amide bonds. The summed E-state index contributed by atoms with van der Waals surface area (Å²) in [5, 5.41) is 8.17. The molecule has 0 unspecified atom stereocenters. The van der Waals surface area contributed by atoms with Crippen LogP contribution < -0.4 is 5.32 Å². The third kappa shape index (κ3) is 3.69. The minimum absolute atomic E-state index is 0.101. The number of hydrogen-bond donors (Lipinski definition) is 1. The maximum absolute atomic E-state index is 12.4. The minimum atomic E-state index is -3.61. The molecule has 124 valence electrons. The molecular formula is C15H13N3O4S2. The number of carbonyl (C=O) groups excluding carboxylic acids is 1. The van der Waals surface area contributed by atoms with Crippen LogP contribution in [-0.4, -0.2) is 24.5 Å². The monoisotopic (exact) mass is 363 g/mol. The molecule has 9 heteroatoms. The molecule has 0 saturated carbocycles. The van der Waals surface area contributed by atoms with Crippen LogP contribution in [0.15, 0.2) is 51.2 Å². The molecule has 0 saturated heterocycles. The molecule has 0 aliphatic carbocycles. The van der Waals surface area contributed by atoms with E-state index >= 15 is 0 Å². The summed E-state index contributed by atoms with van der Waals surface area (Å²) in [5.41, 5.74) is 0.529. The number of benzene rings is 1. The molecular weight excluding hydrogens is 350 g/mol. The number of thiophene rings is 1. The third-order valence-electron chi connectivity index (χ3n) is 3.05. The van der Waals surface area contributed by atoms with Crippen molar-refractivity contribution < 1.29 is 17.7 Å². The number of hydrogen-bond acceptors (Lipinski definition) is 7. The lowest BCUT2D eigenvalue weighted by Crippen LogP contribution is -2.08. The molecule has 3 rings (SSSR count). The zero-order valence-electron chi connectivity index (χ0n) is 12.6. The zero-order chi connectivity index (χ0) is 17.2. The van der Waals surface area contributed by atoms with Gasteiger partial charge in [0.05, 0.1) is 9.77 Å². The van der Waals surface area contributed by atoms with Gasteiger partial charge in [0.15, 0.2) is 15.7 Å². The number of nitrogens with zero attached hydrogens (tertiary/aromatic N) is 2. The van der Waals surface area contributed by atoms with Gasteiger partial charge in [0, 0.05) is 12.6 Å². The quantitative estimate of drug-likeness (QED) is 0.748. The standard InChI is InChI=1S/C15H13N3O4S2/c1-10(19)16-11-4-6-12(7-5-11)24(20,21)9-14-17-15(22-18-14)13-3-2-8-23-13/h2-8H,9H2,1H3,(H,16,19). The highest BCUT2D eigenvalue weighted by molar-refractivity contribution is 7.90. The van der Waals surface area contributed by atoms with Crippen molar-refractivity contribution in [1.82, 2.24) is 10.1 Å². The Morgan fingerprint density at radius 3 is 2.62 bits per heavy atom. The Bertz CT molecular complexity index is 945. The second kappa shape index (κ2) is 6.54. The van der Waals surface area contributed by atoms with E-state index in [2.05, 4.69) is 15.5 Å². The van der Waals surface area contributed by atoms with Gasteiger partial charge in [0.1, 0.15) is 5.75 Å². The molecule has 0 fully saturated rings. The molecule has 7 nitrogen and oxygen atoms in total. The first-order chi connectivity index (χ1) is 11.4. The molecule has 0 bridgehead atoms. The molecule has 0 spiro atoms. The molecule has 3 aromatic rings. The van der Waals surface area contributed by atoms with Crippen LogP contribution in [0.25, 0.3) is 10.8 Å². The Morgan fingerprint density at radius 2 is 2.00 bits per heavy atom. The largest absolute Gasteiger partial charge is 0.333 e. The number of nitrogens with one attached hydrogen (secondary N) is 1. The van der Waals surface area contributed by atoms with Crippen molar-refractivity contribution in [1.29, 1.82) is 0 Å². The van der Waals surface area contributed by atoms with E-state index in [4.69, 9.17) is 4.52 Å². The number of amides is 1. The van der Waals surface area contributed by atoms with Crippen molar-refractivity contribution in [3.63, 3.8) is 0 Å². The fraction of sp³-hybridized carbons (Fsp3) is 0.133. The third-order valence-corrected chi connectivity index (χ3v) is 5.54. The average molecular weight is 363 g/mol. The number of carbonyl (C=O) groups is 1. The Balaban J connectivity index is 1.77. The fourth-order valence-corrected chi connectivity index (χ4v) is 3.83. The summed E-state index contributed by atoms with van der Waals surface area (Å²) in [4.78, 5) is 16.0. The van der Waals surface area contributed by atoms with E-state index < -0.39 is 9.84 Å². The van der Waals surface area contributed by atoms with Crippen molar-refractivity contribution in [3.05, 3.63) is 47.6 Å². The first kappa shape index (κ1) is 16.3. The summed E-state index contributed by atoms with van der Waals surface area (Å²) in [7, 11) is -3.61. The molecule has 0 aliphatic heterocycles. The van der Waals surface area contributed by atoms with E-state index in [-0.39, 0.29) is 22.4 Å².